The van der Waals surface area contributed by atoms with Crippen LogP contribution < -0.4 is 10.1 Å². The van der Waals surface area contributed by atoms with E-state index in [0.29, 0.717) is 11.3 Å². The highest BCUT2D eigenvalue weighted by atomic mass is 32.2. The lowest BCUT2D eigenvalue weighted by Gasteiger charge is -2.12. The normalized spacial score (nSPS) is 11.0. The Labute approximate surface area is 158 Å². The van der Waals surface area contributed by atoms with Crippen LogP contribution in [0.4, 0.5) is 5.69 Å². The number of carbonyl (C=O) groups excluding carboxylic acids is 1. The average Bonchev–Trinajstić information content (AvgIpc) is 2.67. The van der Waals surface area contributed by atoms with Crippen LogP contribution in [0, 0.1) is 0 Å². The van der Waals surface area contributed by atoms with E-state index in [2.05, 4.69) is 5.32 Å². The van der Waals surface area contributed by atoms with Gasteiger partial charge >= 0.3 is 0 Å². The molecule has 0 heterocycles. The number of ether oxygens (including phenoxy) is 1. The number of para-hydroxylation sites is 1. The minimum Gasteiger partial charge on any atom is -0.489 e. The molecule has 0 saturated heterocycles. The van der Waals surface area contributed by atoms with Crippen LogP contribution in [0.25, 0.3) is 0 Å². The smallest absolute Gasteiger partial charge is 0.256 e. The largest absolute Gasteiger partial charge is 0.489 e. The fourth-order valence-electron chi connectivity index (χ4n) is 2.53. The Morgan fingerprint density at radius 3 is 2.19 bits per heavy atom. The van der Waals surface area contributed by atoms with Gasteiger partial charge in [-0.05, 0) is 42.5 Å². The van der Waals surface area contributed by atoms with Gasteiger partial charge in [-0.15, -0.1) is 0 Å². The van der Waals surface area contributed by atoms with Crippen molar-refractivity contribution in [3.63, 3.8) is 0 Å². The number of hydrogen-bond donors (Lipinski definition) is 1. The number of amides is 1. The van der Waals surface area contributed by atoms with Gasteiger partial charge in [0.05, 0.1) is 4.90 Å². The van der Waals surface area contributed by atoms with Crippen LogP contribution >= 0.6 is 0 Å². The van der Waals surface area contributed by atoms with Gasteiger partial charge in [-0.3, -0.25) is 4.79 Å². The van der Waals surface area contributed by atoms with Gasteiger partial charge in [0.15, 0.2) is 9.84 Å². The van der Waals surface area contributed by atoms with Crippen molar-refractivity contribution in [2.75, 3.05) is 11.6 Å². The predicted molar refractivity (Wildman–Crippen MR) is 105 cm³/mol. The lowest BCUT2D eigenvalue weighted by atomic mass is 10.1. The van der Waals surface area contributed by atoms with Crippen LogP contribution in [0.5, 0.6) is 5.75 Å². The zero-order chi connectivity index (χ0) is 19.3. The van der Waals surface area contributed by atoms with Crippen LogP contribution in [0.1, 0.15) is 15.9 Å². The van der Waals surface area contributed by atoms with Gasteiger partial charge in [0.1, 0.15) is 12.4 Å². The lowest BCUT2D eigenvalue weighted by molar-refractivity contribution is 0.102. The van der Waals surface area contributed by atoms with Gasteiger partial charge in [0.2, 0.25) is 0 Å². The molecule has 0 aliphatic carbocycles. The number of hydrogen-bond acceptors (Lipinski definition) is 4. The third-order valence-electron chi connectivity index (χ3n) is 3.94. The monoisotopic (exact) mass is 381 g/mol. The first-order chi connectivity index (χ1) is 12.9. The maximum Gasteiger partial charge on any atom is 0.256 e. The summed E-state index contributed by atoms with van der Waals surface area (Å²) in [6.45, 7) is 0.265. The molecule has 0 saturated carbocycles. The molecule has 0 radical (unpaired) electrons. The van der Waals surface area contributed by atoms with Crippen LogP contribution in [-0.4, -0.2) is 20.6 Å². The zero-order valence-corrected chi connectivity index (χ0v) is 15.6. The number of benzene rings is 3. The summed E-state index contributed by atoms with van der Waals surface area (Å²) in [6.07, 6.45) is 1.14. The van der Waals surface area contributed by atoms with E-state index in [4.69, 9.17) is 4.74 Å². The Balaban J connectivity index is 1.73. The Kier molecular flexibility index (Phi) is 5.57. The maximum atomic E-state index is 12.6. The third-order valence-corrected chi connectivity index (χ3v) is 5.07. The zero-order valence-electron chi connectivity index (χ0n) is 14.8. The first kappa shape index (κ1) is 18.7. The summed E-state index contributed by atoms with van der Waals surface area (Å²) in [6, 6.07) is 22.6. The van der Waals surface area contributed by atoms with Crippen molar-refractivity contribution < 1.29 is 17.9 Å². The van der Waals surface area contributed by atoms with Gasteiger partial charge in [-0.2, -0.15) is 0 Å². The van der Waals surface area contributed by atoms with Crippen molar-refractivity contribution in [2.24, 2.45) is 0 Å². The van der Waals surface area contributed by atoms with Crippen LogP contribution in [0.3, 0.4) is 0 Å². The van der Waals surface area contributed by atoms with E-state index in [1.807, 2.05) is 42.5 Å². The molecule has 0 bridgehead atoms. The standard InChI is InChI=1S/C21H19NO4S/c1-27(24,25)19-13-11-17(12-14-19)22-21(23)20-10-6-5-7-16(20)15-26-18-8-3-2-4-9-18/h2-14H,15H2,1H3,(H,22,23). The van der Waals surface area contributed by atoms with E-state index in [9.17, 15) is 13.2 Å². The SMILES string of the molecule is CS(=O)(=O)c1ccc(NC(=O)c2ccccc2COc2ccccc2)cc1. The molecule has 0 fully saturated rings. The van der Waals surface area contributed by atoms with E-state index in [0.717, 1.165) is 17.6 Å². The second-order valence-electron chi connectivity index (χ2n) is 6.01. The molecule has 0 spiro atoms. The Bertz CT molecular complexity index is 1030. The van der Waals surface area contributed by atoms with E-state index in [-0.39, 0.29) is 17.4 Å². The maximum absolute atomic E-state index is 12.6. The second-order valence-corrected chi connectivity index (χ2v) is 8.03. The number of sulfone groups is 1. The summed E-state index contributed by atoms with van der Waals surface area (Å²) in [5.41, 5.74) is 1.78. The highest BCUT2D eigenvalue weighted by molar-refractivity contribution is 7.90. The molecular weight excluding hydrogens is 362 g/mol. The highest BCUT2D eigenvalue weighted by Crippen LogP contribution is 2.18. The molecule has 138 valence electrons. The number of anilines is 1. The van der Waals surface area contributed by atoms with Gasteiger partial charge in [-0.1, -0.05) is 36.4 Å². The molecular formula is C21H19NO4S. The minimum absolute atomic E-state index is 0.206. The van der Waals surface area contributed by atoms with Crippen molar-refractivity contribution in [3.05, 3.63) is 90.0 Å². The van der Waals surface area contributed by atoms with E-state index in [1.165, 1.54) is 12.1 Å². The molecule has 6 heteroatoms. The number of nitrogens with one attached hydrogen (secondary N) is 1. The lowest BCUT2D eigenvalue weighted by Crippen LogP contribution is -2.15. The van der Waals surface area contributed by atoms with E-state index >= 15 is 0 Å². The number of rotatable bonds is 6. The summed E-state index contributed by atoms with van der Waals surface area (Å²) in [7, 11) is -3.27. The van der Waals surface area contributed by atoms with E-state index in [1.54, 1.807) is 24.3 Å². The van der Waals surface area contributed by atoms with Crippen molar-refractivity contribution in [1.82, 2.24) is 0 Å². The van der Waals surface area contributed by atoms with Gasteiger partial charge in [0, 0.05) is 23.1 Å². The van der Waals surface area contributed by atoms with E-state index < -0.39 is 9.84 Å². The highest BCUT2D eigenvalue weighted by Gasteiger charge is 2.13. The first-order valence-electron chi connectivity index (χ1n) is 8.31. The number of carbonyl (C=O) groups is 1. The summed E-state index contributed by atoms with van der Waals surface area (Å²) < 4.78 is 28.8. The molecule has 0 atom stereocenters. The Morgan fingerprint density at radius 2 is 1.52 bits per heavy atom. The summed E-state index contributed by atoms with van der Waals surface area (Å²) in [5.74, 6) is 0.443. The molecule has 0 aliphatic rings. The van der Waals surface area contributed by atoms with Crippen LogP contribution in [-0.2, 0) is 16.4 Å². The molecule has 27 heavy (non-hydrogen) atoms. The first-order valence-corrected chi connectivity index (χ1v) is 10.2. The molecule has 3 rings (SSSR count). The fourth-order valence-corrected chi connectivity index (χ4v) is 3.16. The molecule has 0 aliphatic heterocycles. The predicted octanol–water partition coefficient (Wildman–Crippen LogP) is 3.92. The fraction of sp³-hybridized carbons (Fsp3) is 0.0952. The molecule has 1 amide bonds. The summed E-state index contributed by atoms with van der Waals surface area (Å²) in [4.78, 5) is 12.8. The van der Waals surface area contributed by atoms with Crippen molar-refractivity contribution in [2.45, 2.75) is 11.5 Å². The van der Waals surface area contributed by atoms with Crippen molar-refractivity contribution >= 4 is 21.4 Å². The molecule has 3 aromatic carbocycles. The molecule has 1 N–H and O–H groups in total. The summed E-state index contributed by atoms with van der Waals surface area (Å²) in [5, 5.41) is 2.79. The molecule has 0 unspecified atom stereocenters. The van der Waals surface area contributed by atoms with Crippen LogP contribution in [0.15, 0.2) is 83.8 Å². The summed E-state index contributed by atoms with van der Waals surface area (Å²) >= 11 is 0. The molecule has 5 nitrogen and oxygen atoms in total. The van der Waals surface area contributed by atoms with Crippen molar-refractivity contribution in [3.8, 4) is 5.75 Å². The Hall–Kier alpha value is -3.12. The van der Waals surface area contributed by atoms with Crippen molar-refractivity contribution in [1.29, 1.82) is 0 Å². The Morgan fingerprint density at radius 1 is 0.889 bits per heavy atom. The average molecular weight is 381 g/mol. The second kappa shape index (κ2) is 8.05. The minimum atomic E-state index is -3.27. The van der Waals surface area contributed by atoms with Gasteiger partial charge in [0.25, 0.3) is 5.91 Å². The quantitative estimate of drug-likeness (QED) is 0.702. The van der Waals surface area contributed by atoms with Gasteiger partial charge in [-0.25, -0.2) is 8.42 Å². The van der Waals surface area contributed by atoms with Gasteiger partial charge < -0.3 is 10.1 Å². The molecule has 3 aromatic rings. The topological polar surface area (TPSA) is 72.5 Å². The molecule has 0 aromatic heterocycles. The van der Waals surface area contributed by atoms with Crippen LogP contribution in [0.2, 0.25) is 0 Å². The third kappa shape index (κ3) is 4.95.